The maximum atomic E-state index is 13.4. The minimum Gasteiger partial charge on any atom is -0.321 e. The number of rotatable bonds is 6. The van der Waals surface area contributed by atoms with E-state index in [2.05, 4.69) is 5.32 Å². The molecule has 2 heterocycles. The number of fused-ring (bicyclic) bond motifs is 1. The molecule has 0 saturated carbocycles. The van der Waals surface area contributed by atoms with Gasteiger partial charge in [-0.25, -0.2) is 0 Å². The highest BCUT2D eigenvalue weighted by Crippen LogP contribution is 2.30. The number of nitrogens with zero attached hydrogens (tertiary/aromatic N) is 2. The van der Waals surface area contributed by atoms with Gasteiger partial charge in [-0.2, -0.15) is 0 Å². The van der Waals surface area contributed by atoms with Gasteiger partial charge in [0.2, 0.25) is 0 Å². The monoisotopic (exact) mass is 461 g/mol. The lowest BCUT2D eigenvalue weighted by Crippen LogP contribution is -2.36. The second-order valence-corrected chi connectivity index (χ2v) is 9.21. The first kappa shape index (κ1) is 22.6. The van der Waals surface area contributed by atoms with Crippen molar-refractivity contribution in [2.75, 3.05) is 26.0 Å². The zero-order valence-corrected chi connectivity index (χ0v) is 19.4. The molecule has 0 fully saturated rings. The van der Waals surface area contributed by atoms with Gasteiger partial charge in [-0.15, -0.1) is 11.3 Å². The smallest absolute Gasteiger partial charge is 0.269 e. The molecule has 0 unspecified atom stereocenters. The Morgan fingerprint density at radius 2 is 1.79 bits per heavy atom. The van der Waals surface area contributed by atoms with Gasteiger partial charge in [-0.05, 0) is 50.9 Å². The van der Waals surface area contributed by atoms with E-state index in [4.69, 9.17) is 0 Å². The minimum absolute atomic E-state index is 0.203. The first-order valence-corrected chi connectivity index (χ1v) is 11.2. The van der Waals surface area contributed by atoms with Crippen molar-refractivity contribution in [3.05, 3.63) is 83.8 Å². The number of likely N-dealkylation sites (N-methyl/N-ethyl adjacent to an activating group) is 1. The Bertz CT molecular complexity index is 1460. The van der Waals surface area contributed by atoms with Crippen molar-refractivity contribution in [1.82, 2.24) is 9.47 Å². The molecule has 0 bridgehead atoms. The number of thiazole rings is 1. The summed E-state index contributed by atoms with van der Waals surface area (Å²) in [6.07, 6.45) is 2.93. The third-order valence-corrected chi connectivity index (χ3v) is 6.60. The number of benzene rings is 2. The molecule has 1 aromatic heterocycles. The quantitative estimate of drug-likeness (QED) is 0.561. The first-order valence-electron chi connectivity index (χ1n) is 10.4. The van der Waals surface area contributed by atoms with Gasteiger partial charge < -0.3 is 10.2 Å². The third-order valence-electron chi connectivity index (χ3n) is 5.47. The lowest BCUT2D eigenvalue weighted by Gasteiger charge is -2.10. The van der Waals surface area contributed by atoms with Crippen molar-refractivity contribution in [2.24, 2.45) is 0 Å². The van der Waals surface area contributed by atoms with E-state index in [9.17, 15) is 19.2 Å². The van der Waals surface area contributed by atoms with Crippen molar-refractivity contribution < 1.29 is 14.4 Å². The van der Waals surface area contributed by atoms with E-state index in [1.54, 1.807) is 28.8 Å². The van der Waals surface area contributed by atoms with Gasteiger partial charge in [-0.1, -0.05) is 23.8 Å². The molecule has 7 nitrogen and oxygen atoms in total. The fourth-order valence-electron chi connectivity index (χ4n) is 3.75. The van der Waals surface area contributed by atoms with Gasteiger partial charge in [0.25, 0.3) is 11.5 Å². The summed E-state index contributed by atoms with van der Waals surface area (Å²) >= 11 is 1.25. The fraction of sp³-hybridized carbons (Fsp3) is 0.200. The standard InChI is InChI=1S/C25H23N3O4S/c1-15-4-7-20-19(10-15)22(23(31)26-20)25-28(9-8-27(2)3)24(32)21(33-25)12-16-5-6-17(13-29)18(11-16)14-30/h4-7,10-14H,8-9H2,1-3H3,(H,26,31)/b21-12?,25-22-. The Morgan fingerprint density at radius 3 is 2.48 bits per heavy atom. The average Bonchev–Trinajstić information content (AvgIpc) is 3.26. The van der Waals surface area contributed by atoms with Crippen LogP contribution in [0.4, 0.5) is 5.69 Å². The zero-order valence-electron chi connectivity index (χ0n) is 18.5. The summed E-state index contributed by atoms with van der Waals surface area (Å²) in [5, 5.41) is 2.89. The maximum absolute atomic E-state index is 13.4. The van der Waals surface area contributed by atoms with Crippen molar-refractivity contribution >= 4 is 47.2 Å². The molecule has 1 aliphatic heterocycles. The van der Waals surface area contributed by atoms with Crippen molar-refractivity contribution in [3.63, 3.8) is 0 Å². The van der Waals surface area contributed by atoms with Crippen molar-refractivity contribution in [3.8, 4) is 0 Å². The second-order valence-electron chi connectivity index (χ2n) is 8.18. The van der Waals surface area contributed by atoms with E-state index in [1.165, 1.54) is 11.3 Å². The predicted molar refractivity (Wildman–Crippen MR) is 129 cm³/mol. The highest BCUT2D eigenvalue weighted by atomic mass is 32.1. The summed E-state index contributed by atoms with van der Waals surface area (Å²) in [6, 6.07) is 10.6. The number of aryl methyl sites for hydroxylation is 1. The molecule has 1 N–H and O–H groups in total. The average molecular weight is 462 g/mol. The zero-order chi connectivity index (χ0) is 23.7. The van der Waals surface area contributed by atoms with Gasteiger partial charge in [0.1, 0.15) is 4.66 Å². The summed E-state index contributed by atoms with van der Waals surface area (Å²) in [5.74, 6) is -0.236. The molecular weight excluding hydrogens is 438 g/mol. The molecular formula is C25H23N3O4S. The van der Waals surface area contributed by atoms with Crippen LogP contribution in [0.25, 0.3) is 11.6 Å². The molecule has 1 aliphatic rings. The largest absolute Gasteiger partial charge is 0.321 e. The Kier molecular flexibility index (Phi) is 6.22. The van der Waals surface area contributed by atoms with Gasteiger partial charge in [0.05, 0.1) is 10.1 Å². The second kappa shape index (κ2) is 9.09. The molecule has 3 aromatic rings. The van der Waals surface area contributed by atoms with Crippen LogP contribution in [0.5, 0.6) is 0 Å². The summed E-state index contributed by atoms with van der Waals surface area (Å²) in [4.78, 5) is 50.7. The van der Waals surface area contributed by atoms with E-state index in [0.29, 0.717) is 51.6 Å². The summed E-state index contributed by atoms with van der Waals surface area (Å²) in [6.45, 7) is 3.01. The van der Waals surface area contributed by atoms with Gasteiger partial charge in [-0.3, -0.25) is 23.7 Å². The number of amides is 1. The Balaban J connectivity index is 1.99. The van der Waals surface area contributed by atoms with Crippen LogP contribution in [0.1, 0.15) is 37.4 Å². The van der Waals surface area contributed by atoms with Crippen LogP contribution in [0.2, 0.25) is 0 Å². The van der Waals surface area contributed by atoms with Crippen LogP contribution in [-0.2, 0) is 11.3 Å². The van der Waals surface area contributed by atoms with Crippen LogP contribution in [-0.4, -0.2) is 48.6 Å². The van der Waals surface area contributed by atoms with Crippen LogP contribution in [0.3, 0.4) is 0 Å². The number of nitrogens with one attached hydrogen (secondary N) is 1. The van der Waals surface area contributed by atoms with E-state index in [0.717, 1.165) is 16.8 Å². The number of hydrogen-bond acceptors (Lipinski definition) is 6. The number of aromatic nitrogens is 1. The molecule has 33 heavy (non-hydrogen) atoms. The molecule has 2 aromatic carbocycles. The number of aldehydes is 2. The van der Waals surface area contributed by atoms with E-state index < -0.39 is 0 Å². The van der Waals surface area contributed by atoms with Crippen LogP contribution in [0, 0.1) is 6.92 Å². The highest BCUT2D eigenvalue weighted by molar-refractivity contribution is 7.07. The van der Waals surface area contributed by atoms with E-state index >= 15 is 0 Å². The molecule has 4 rings (SSSR count). The normalized spacial score (nSPS) is 15.0. The summed E-state index contributed by atoms with van der Waals surface area (Å²) < 4.78 is 2.68. The highest BCUT2D eigenvalue weighted by Gasteiger charge is 2.27. The van der Waals surface area contributed by atoms with Crippen LogP contribution >= 0.6 is 11.3 Å². The predicted octanol–water partition coefficient (Wildman–Crippen LogP) is 1.38. The number of carbonyl (C=O) groups is 3. The molecule has 1 amide bonds. The van der Waals surface area contributed by atoms with Gasteiger partial charge in [0, 0.05) is 35.5 Å². The van der Waals surface area contributed by atoms with Crippen LogP contribution in [0.15, 0.2) is 41.2 Å². The Labute approximate surface area is 194 Å². The molecule has 0 spiro atoms. The number of anilines is 1. The maximum Gasteiger partial charge on any atom is 0.269 e. The third kappa shape index (κ3) is 4.35. The summed E-state index contributed by atoms with van der Waals surface area (Å²) in [5.41, 5.74) is 4.00. The fourth-order valence-corrected chi connectivity index (χ4v) is 4.94. The lowest BCUT2D eigenvalue weighted by molar-refractivity contribution is -0.110. The molecule has 8 heteroatoms. The molecule has 0 aliphatic carbocycles. The Morgan fingerprint density at radius 1 is 1.03 bits per heavy atom. The molecule has 0 atom stereocenters. The van der Waals surface area contributed by atoms with Gasteiger partial charge in [0.15, 0.2) is 12.6 Å². The van der Waals surface area contributed by atoms with Crippen LogP contribution < -0.4 is 20.1 Å². The topological polar surface area (TPSA) is 88.5 Å². The van der Waals surface area contributed by atoms with Gasteiger partial charge >= 0.3 is 0 Å². The number of carbonyl (C=O) groups excluding carboxylic acids is 3. The molecule has 0 saturated heterocycles. The number of hydrogen-bond donors (Lipinski definition) is 1. The summed E-state index contributed by atoms with van der Waals surface area (Å²) in [7, 11) is 3.85. The van der Waals surface area contributed by atoms with Crippen molar-refractivity contribution in [1.29, 1.82) is 0 Å². The SMILES string of the molecule is Cc1ccc2c(c1)/C(=c1/sc(=Cc3ccc(C=O)c(C=O)c3)c(=O)n1CCN(C)C)C(=O)N2. The first-order chi connectivity index (χ1) is 15.8. The molecule has 168 valence electrons. The Hall–Kier alpha value is -3.62. The lowest BCUT2D eigenvalue weighted by atomic mass is 10.1. The minimum atomic E-state index is -0.236. The molecule has 0 radical (unpaired) electrons. The van der Waals surface area contributed by atoms with Crippen molar-refractivity contribution in [2.45, 2.75) is 13.5 Å². The van der Waals surface area contributed by atoms with E-state index in [-0.39, 0.29) is 17.0 Å². The van der Waals surface area contributed by atoms with E-state index in [1.807, 2.05) is 44.1 Å².